The van der Waals surface area contributed by atoms with Crippen molar-refractivity contribution in [1.29, 1.82) is 0 Å². The van der Waals surface area contributed by atoms with Crippen molar-refractivity contribution < 1.29 is 0 Å². The molecule has 3 N–H and O–H groups in total. The summed E-state index contributed by atoms with van der Waals surface area (Å²) in [5.74, 6) is 0.668. The summed E-state index contributed by atoms with van der Waals surface area (Å²) in [6, 6.07) is 8.90. The molecule has 2 aromatic carbocycles. The average Bonchev–Trinajstić information content (AvgIpc) is 2.78. The molecule has 0 bridgehead atoms. The number of hydrogen-bond donors (Lipinski definition) is 2. The van der Waals surface area contributed by atoms with Crippen molar-refractivity contribution in [3.05, 3.63) is 45.4 Å². The number of nitrogens with two attached hydrogens (primary N) is 1. The minimum absolute atomic E-state index is 0.367. The number of nitrogens with one attached hydrogen (secondary N) is 1. The monoisotopic (exact) mass is 311 g/mol. The number of nitrogen functional groups attached to an aromatic ring is 1. The van der Waals surface area contributed by atoms with E-state index >= 15 is 0 Å². The summed E-state index contributed by atoms with van der Waals surface area (Å²) in [7, 11) is 0. The molecule has 0 spiro atoms. The van der Waals surface area contributed by atoms with E-state index in [4.69, 9.17) is 40.5 Å². The summed E-state index contributed by atoms with van der Waals surface area (Å²) < 4.78 is 0. The lowest BCUT2D eigenvalue weighted by Gasteiger charge is -2.03. The largest absolute Gasteiger partial charge is 0.396 e. The van der Waals surface area contributed by atoms with E-state index in [0.717, 1.165) is 16.6 Å². The van der Waals surface area contributed by atoms with Crippen LogP contribution in [-0.4, -0.2) is 9.97 Å². The van der Waals surface area contributed by atoms with E-state index in [2.05, 4.69) is 9.97 Å². The molecular weight excluding hydrogens is 305 g/mol. The lowest BCUT2D eigenvalue weighted by molar-refractivity contribution is 1.34. The van der Waals surface area contributed by atoms with Gasteiger partial charge in [-0.25, -0.2) is 4.98 Å². The molecule has 1 aromatic heterocycles. The van der Waals surface area contributed by atoms with Crippen LogP contribution in [0, 0.1) is 0 Å². The van der Waals surface area contributed by atoms with Gasteiger partial charge >= 0.3 is 0 Å². The summed E-state index contributed by atoms with van der Waals surface area (Å²) in [5, 5.41) is 1.46. The number of hydrogen-bond acceptors (Lipinski definition) is 2. The predicted molar refractivity (Wildman–Crippen MR) is 81.0 cm³/mol. The molecule has 0 radical (unpaired) electrons. The molecule has 3 rings (SSSR count). The Kier molecular flexibility index (Phi) is 3.05. The van der Waals surface area contributed by atoms with E-state index in [9.17, 15) is 0 Å². The number of anilines is 1. The number of aromatic nitrogens is 2. The van der Waals surface area contributed by atoms with E-state index < -0.39 is 0 Å². The SMILES string of the molecule is Nc1c(Cl)cc(-c2nc3ccc(Cl)cc3[nH]2)cc1Cl. The highest BCUT2D eigenvalue weighted by Gasteiger charge is 2.10. The van der Waals surface area contributed by atoms with Gasteiger partial charge in [0.1, 0.15) is 5.82 Å². The maximum Gasteiger partial charge on any atom is 0.138 e. The zero-order valence-corrected chi connectivity index (χ0v) is 11.8. The third-order valence-corrected chi connectivity index (χ3v) is 3.66. The third-order valence-electron chi connectivity index (χ3n) is 2.80. The number of fused-ring (bicyclic) bond motifs is 1. The van der Waals surface area contributed by atoms with E-state index in [1.54, 1.807) is 18.2 Å². The van der Waals surface area contributed by atoms with Crippen LogP contribution in [0.25, 0.3) is 22.4 Å². The van der Waals surface area contributed by atoms with Crippen molar-refractivity contribution in [2.24, 2.45) is 0 Å². The number of benzene rings is 2. The molecule has 3 aromatic rings. The lowest BCUT2D eigenvalue weighted by Crippen LogP contribution is -1.89. The summed E-state index contributed by atoms with van der Waals surface area (Å²) >= 11 is 18.0. The van der Waals surface area contributed by atoms with Crippen LogP contribution >= 0.6 is 34.8 Å². The molecule has 0 aliphatic heterocycles. The summed E-state index contributed by atoms with van der Waals surface area (Å²) in [5.41, 5.74) is 8.53. The van der Waals surface area contributed by atoms with Gasteiger partial charge in [-0.2, -0.15) is 0 Å². The second-order valence-electron chi connectivity index (χ2n) is 4.10. The van der Waals surface area contributed by atoms with Crippen LogP contribution in [0.15, 0.2) is 30.3 Å². The van der Waals surface area contributed by atoms with E-state index in [1.165, 1.54) is 0 Å². The fraction of sp³-hybridized carbons (Fsp3) is 0. The first-order valence-corrected chi connectivity index (χ1v) is 6.58. The van der Waals surface area contributed by atoms with Crippen LogP contribution in [0.3, 0.4) is 0 Å². The Morgan fingerprint density at radius 2 is 1.68 bits per heavy atom. The van der Waals surface area contributed by atoms with Crippen molar-refractivity contribution >= 4 is 51.5 Å². The van der Waals surface area contributed by atoms with Crippen LogP contribution in [-0.2, 0) is 0 Å². The second kappa shape index (κ2) is 4.60. The Balaban J connectivity index is 2.19. The molecule has 0 aliphatic carbocycles. The maximum atomic E-state index is 6.02. The first-order chi connectivity index (χ1) is 9.04. The van der Waals surface area contributed by atoms with Gasteiger partial charge in [-0.1, -0.05) is 34.8 Å². The average molecular weight is 313 g/mol. The Hall–Kier alpha value is -1.42. The number of rotatable bonds is 1. The maximum absolute atomic E-state index is 6.02. The van der Waals surface area contributed by atoms with Crippen molar-refractivity contribution in [2.75, 3.05) is 5.73 Å². The van der Waals surface area contributed by atoms with Crippen LogP contribution in [0.4, 0.5) is 5.69 Å². The standard InChI is InChI=1S/C13H8Cl3N3/c14-7-1-2-10-11(5-7)19-13(18-10)6-3-8(15)12(17)9(16)4-6/h1-5H,17H2,(H,18,19). The van der Waals surface area contributed by atoms with Crippen LogP contribution in [0.2, 0.25) is 15.1 Å². The molecule has 0 saturated heterocycles. The highest BCUT2D eigenvalue weighted by atomic mass is 35.5. The van der Waals surface area contributed by atoms with Crippen LogP contribution < -0.4 is 5.73 Å². The topological polar surface area (TPSA) is 54.7 Å². The van der Waals surface area contributed by atoms with Gasteiger partial charge < -0.3 is 10.7 Å². The van der Waals surface area contributed by atoms with Crippen molar-refractivity contribution in [3.8, 4) is 11.4 Å². The number of nitrogens with zero attached hydrogens (tertiary/aromatic N) is 1. The quantitative estimate of drug-likeness (QED) is 0.636. The van der Waals surface area contributed by atoms with Crippen molar-refractivity contribution in [2.45, 2.75) is 0 Å². The van der Waals surface area contributed by atoms with E-state index in [0.29, 0.717) is 26.6 Å². The highest BCUT2D eigenvalue weighted by Crippen LogP contribution is 2.33. The zero-order valence-electron chi connectivity index (χ0n) is 9.55. The number of imidazole rings is 1. The number of aromatic amines is 1. The molecule has 0 unspecified atom stereocenters. The van der Waals surface area contributed by atoms with Gasteiger partial charge in [0.15, 0.2) is 0 Å². The van der Waals surface area contributed by atoms with Gasteiger partial charge in [0.05, 0.1) is 26.8 Å². The summed E-state index contributed by atoms with van der Waals surface area (Å²) in [4.78, 5) is 7.64. The molecule has 3 nitrogen and oxygen atoms in total. The molecule has 19 heavy (non-hydrogen) atoms. The third kappa shape index (κ3) is 2.25. The molecule has 0 aliphatic rings. The molecule has 0 fully saturated rings. The number of H-pyrrole nitrogens is 1. The van der Waals surface area contributed by atoms with Crippen LogP contribution in [0.1, 0.15) is 0 Å². The van der Waals surface area contributed by atoms with Gasteiger partial charge in [0.2, 0.25) is 0 Å². The molecule has 0 saturated carbocycles. The minimum atomic E-state index is 0.367. The first-order valence-electron chi connectivity index (χ1n) is 5.45. The molecule has 96 valence electrons. The predicted octanol–water partition coefficient (Wildman–Crippen LogP) is 4.77. The van der Waals surface area contributed by atoms with Gasteiger partial charge in [0.25, 0.3) is 0 Å². The van der Waals surface area contributed by atoms with Crippen LogP contribution in [0.5, 0.6) is 0 Å². The lowest BCUT2D eigenvalue weighted by atomic mass is 10.2. The zero-order chi connectivity index (χ0) is 13.6. The highest BCUT2D eigenvalue weighted by molar-refractivity contribution is 6.39. The Bertz CT molecular complexity index is 757. The fourth-order valence-electron chi connectivity index (χ4n) is 1.84. The Morgan fingerprint density at radius 1 is 1.00 bits per heavy atom. The Morgan fingerprint density at radius 3 is 2.37 bits per heavy atom. The van der Waals surface area contributed by atoms with Crippen molar-refractivity contribution in [1.82, 2.24) is 9.97 Å². The minimum Gasteiger partial charge on any atom is -0.396 e. The normalized spacial score (nSPS) is 11.1. The Labute approximate surface area is 124 Å². The molecule has 1 heterocycles. The number of halogens is 3. The van der Waals surface area contributed by atoms with Gasteiger partial charge in [0, 0.05) is 10.6 Å². The smallest absolute Gasteiger partial charge is 0.138 e. The van der Waals surface area contributed by atoms with E-state index in [1.807, 2.05) is 12.1 Å². The fourth-order valence-corrected chi connectivity index (χ4v) is 2.50. The molecule has 6 heteroatoms. The van der Waals surface area contributed by atoms with Gasteiger partial charge in [-0.15, -0.1) is 0 Å². The first kappa shape index (κ1) is 12.6. The van der Waals surface area contributed by atoms with Gasteiger partial charge in [-0.3, -0.25) is 0 Å². The summed E-state index contributed by atoms with van der Waals surface area (Å²) in [6.45, 7) is 0. The second-order valence-corrected chi connectivity index (χ2v) is 5.35. The molecule has 0 amide bonds. The van der Waals surface area contributed by atoms with Crippen molar-refractivity contribution in [3.63, 3.8) is 0 Å². The summed E-state index contributed by atoms with van der Waals surface area (Å²) in [6.07, 6.45) is 0. The van der Waals surface area contributed by atoms with E-state index in [-0.39, 0.29) is 0 Å². The molecule has 0 atom stereocenters. The molecular formula is C13H8Cl3N3. The van der Waals surface area contributed by atoms with Gasteiger partial charge in [-0.05, 0) is 30.3 Å².